The van der Waals surface area contributed by atoms with Crippen LogP contribution in [0.2, 0.25) is 0 Å². The molecule has 0 fully saturated rings. The first-order valence-electron chi connectivity index (χ1n) is 8.45. The molecule has 0 N–H and O–H groups in total. The third-order valence-electron chi connectivity index (χ3n) is 3.43. The Balaban J connectivity index is 2.28. The number of allylic oxidation sites excluding steroid dienone is 5. The third kappa shape index (κ3) is 5.68. The summed E-state index contributed by atoms with van der Waals surface area (Å²) in [6, 6.07) is 5.66. The van der Waals surface area contributed by atoms with Gasteiger partial charge in [-0.05, 0) is 64.1 Å². The van der Waals surface area contributed by atoms with Gasteiger partial charge in [0.1, 0.15) is 11.5 Å². The maximum absolute atomic E-state index is 12.4. The monoisotopic (exact) mass is 356 g/mol. The number of hydrogen-bond donors (Lipinski definition) is 0. The first-order valence-corrected chi connectivity index (χ1v) is 8.86. The van der Waals surface area contributed by atoms with Crippen molar-refractivity contribution >= 4 is 28.9 Å². The molecule has 1 aliphatic carbocycles. The van der Waals surface area contributed by atoms with Crippen LogP contribution >= 0.6 is 12.2 Å². The normalized spacial score (nSPS) is 14.7. The average molecular weight is 356 g/mol. The SMILES string of the molecule is CC(C)Oc1cccc(OC(C)C)c1/C=C/C(=O)C1C=CC(=S)C=C1. The van der Waals surface area contributed by atoms with Crippen molar-refractivity contribution in [1.82, 2.24) is 0 Å². The van der Waals surface area contributed by atoms with Gasteiger partial charge in [0.2, 0.25) is 0 Å². The van der Waals surface area contributed by atoms with Crippen LogP contribution in [0.15, 0.2) is 48.6 Å². The molecule has 0 bridgehead atoms. The lowest BCUT2D eigenvalue weighted by molar-refractivity contribution is -0.115. The zero-order valence-corrected chi connectivity index (χ0v) is 15.9. The molecule has 0 radical (unpaired) electrons. The average Bonchev–Trinajstić information content (AvgIpc) is 2.53. The Morgan fingerprint density at radius 3 is 2.04 bits per heavy atom. The van der Waals surface area contributed by atoms with E-state index in [2.05, 4.69) is 0 Å². The van der Waals surface area contributed by atoms with Crippen LogP contribution in [0.1, 0.15) is 33.3 Å². The molecule has 2 rings (SSSR count). The molecule has 0 saturated heterocycles. The van der Waals surface area contributed by atoms with E-state index in [0.717, 1.165) is 10.4 Å². The number of ether oxygens (including phenoxy) is 2. The molecule has 0 atom stereocenters. The summed E-state index contributed by atoms with van der Waals surface area (Å²) in [5.74, 6) is 1.11. The second-order valence-corrected chi connectivity index (χ2v) is 6.85. The van der Waals surface area contributed by atoms with Crippen LogP contribution in [0.3, 0.4) is 0 Å². The minimum absolute atomic E-state index is 0.00940. The van der Waals surface area contributed by atoms with Gasteiger partial charge in [-0.25, -0.2) is 0 Å². The lowest BCUT2D eigenvalue weighted by atomic mass is 9.97. The second kappa shape index (κ2) is 8.77. The predicted molar refractivity (Wildman–Crippen MR) is 106 cm³/mol. The van der Waals surface area contributed by atoms with Crippen LogP contribution < -0.4 is 9.47 Å². The van der Waals surface area contributed by atoms with Gasteiger partial charge < -0.3 is 9.47 Å². The standard InChI is InChI=1S/C21H24O3S/c1-14(2)23-20-6-5-7-21(24-15(3)4)18(20)12-13-19(22)16-8-10-17(25)11-9-16/h5-16H,1-4H3/b13-12+. The molecule has 0 heterocycles. The highest BCUT2D eigenvalue weighted by Crippen LogP contribution is 2.31. The van der Waals surface area contributed by atoms with E-state index in [1.54, 1.807) is 24.3 Å². The van der Waals surface area contributed by atoms with Gasteiger partial charge in [-0.15, -0.1) is 0 Å². The number of benzene rings is 1. The number of carbonyl (C=O) groups excluding carboxylic acids is 1. The Hall–Kier alpha value is -2.20. The molecule has 1 aromatic carbocycles. The second-order valence-electron chi connectivity index (χ2n) is 6.38. The Morgan fingerprint density at radius 1 is 1.04 bits per heavy atom. The number of carbonyl (C=O) groups is 1. The number of ketones is 1. The minimum Gasteiger partial charge on any atom is -0.490 e. The first-order chi connectivity index (χ1) is 11.9. The van der Waals surface area contributed by atoms with Crippen LogP contribution in [0, 0.1) is 5.92 Å². The Labute approximate surface area is 155 Å². The summed E-state index contributed by atoms with van der Waals surface area (Å²) in [5.41, 5.74) is 0.775. The fourth-order valence-corrected chi connectivity index (χ4v) is 2.54. The van der Waals surface area contributed by atoms with Gasteiger partial charge >= 0.3 is 0 Å². The van der Waals surface area contributed by atoms with E-state index in [1.165, 1.54) is 0 Å². The fourth-order valence-electron chi connectivity index (χ4n) is 2.38. The highest BCUT2D eigenvalue weighted by molar-refractivity contribution is 7.81. The molecule has 0 spiro atoms. The van der Waals surface area contributed by atoms with Crippen LogP contribution in [0.25, 0.3) is 6.08 Å². The third-order valence-corrected chi connectivity index (χ3v) is 3.70. The summed E-state index contributed by atoms with van der Waals surface area (Å²) in [4.78, 5) is 13.2. The van der Waals surface area contributed by atoms with Gasteiger partial charge in [0.15, 0.2) is 5.78 Å². The van der Waals surface area contributed by atoms with Gasteiger partial charge in [0, 0.05) is 4.86 Å². The van der Waals surface area contributed by atoms with Gasteiger partial charge in [0.05, 0.1) is 23.7 Å². The quantitative estimate of drug-likeness (QED) is 0.511. The molecule has 4 heteroatoms. The molecule has 0 amide bonds. The summed E-state index contributed by atoms with van der Waals surface area (Å²) in [7, 11) is 0. The Kier molecular flexibility index (Phi) is 6.71. The number of rotatable bonds is 7. The lowest BCUT2D eigenvalue weighted by Gasteiger charge is -2.17. The van der Waals surface area contributed by atoms with Crippen molar-refractivity contribution in [3.8, 4) is 11.5 Å². The summed E-state index contributed by atoms with van der Waals surface area (Å²) in [6.07, 6.45) is 10.6. The van der Waals surface area contributed by atoms with Gasteiger partial charge in [-0.1, -0.05) is 30.4 Å². The maximum Gasteiger partial charge on any atom is 0.166 e. The Morgan fingerprint density at radius 2 is 1.56 bits per heavy atom. The summed E-state index contributed by atoms with van der Waals surface area (Å²) in [5, 5.41) is 0. The van der Waals surface area contributed by atoms with Crippen LogP contribution in [0.5, 0.6) is 11.5 Å². The van der Waals surface area contributed by atoms with Crippen molar-refractivity contribution in [1.29, 1.82) is 0 Å². The molecular formula is C21H24O3S. The van der Waals surface area contributed by atoms with E-state index < -0.39 is 0 Å². The topological polar surface area (TPSA) is 35.5 Å². The van der Waals surface area contributed by atoms with E-state index in [0.29, 0.717) is 11.5 Å². The molecule has 0 saturated carbocycles. The van der Waals surface area contributed by atoms with Crippen molar-refractivity contribution in [2.24, 2.45) is 5.92 Å². The molecule has 0 aliphatic heterocycles. The molecule has 0 aromatic heterocycles. The van der Waals surface area contributed by atoms with Gasteiger partial charge in [-0.2, -0.15) is 0 Å². The highest BCUT2D eigenvalue weighted by Gasteiger charge is 2.14. The van der Waals surface area contributed by atoms with Crippen molar-refractivity contribution in [2.75, 3.05) is 0 Å². The van der Waals surface area contributed by atoms with E-state index in [4.69, 9.17) is 21.7 Å². The van der Waals surface area contributed by atoms with Crippen molar-refractivity contribution < 1.29 is 14.3 Å². The summed E-state index contributed by atoms with van der Waals surface area (Å²) < 4.78 is 11.7. The van der Waals surface area contributed by atoms with Crippen molar-refractivity contribution in [3.05, 3.63) is 54.1 Å². The van der Waals surface area contributed by atoms with E-state index in [-0.39, 0.29) is 23.9 Å². The molecule has 1 aromatic rings. The number of thiocarbonyl (C=S) groups is 1. The van der Waals surface area contributed by atoms with E-state index >= 15 is 0 Å². The molecule has 1 aliphatic rings. The van der Waals surface area contributed by atoms with Crippen LogP contribution in [-0.4, -0.2) is 22.9 Å². The maximum atomic E-state index is 12.4. The summed E-state index contributed by atoms with van der Waals surface area (Å²) in [6.45, 7) is 7.87. The molecule has 132 valence electrons. The van der Waals surface area contributed by atoms with Crippen molar-refractivity contribution in [3.63, 3.8) is 0 Å². The molecule has 0 unspecified atom stereocenters. The summed E-state index contributed by atoms with van der Waals surface area (Å²) >= 11 is 5.06. The molecule has 3 nitrogen and oxygen atoms in total. The van der Waals surface area contributed by atoms with Crippen LogP contribution in [-0.2, 0) is 4.79 Å². The minimum atomic E-state index is -0.282. The molecule has 25 heavy (non-hydrogen) atoms. The van der Waals surface area contributed by atoms with E-state index in [9.17, 15) is 4.79 Å². The van der Waals surface area contributed by atoms with Gasteiger partial charge in [0.25, 0.3) is 0 Å². The smallest absolute Gasteiger partial charge is 0.166 e. The molecular weight excluding hydrogens is 332 g/mol. The van der Waals surface area contributed by atoms with Gasteiger partial charge in [-0.3, -0.25) is 4.79 Å². The van der Waals surface area contributed by atoms with Crippen LogP contribution in [0.4, 0.5) is 0 Å². The predicted octanol–water partition coefficient (Wildman–Crippen LogP) is 4.96. The highest BCUT2D eigenvalue weighted by atomic mass is 32.1. The largest absolute Gasteiger partial charge is 0.490 e. The van der Waals surface area contributed by atoms with E-state index in [1.807, 2.05) is 58.0 Å². The van der Waals surface area contributed by atoms with Crippen molar-refractivity contribution in [2.45, 2.75) is 39.9 Å². The zero-order chi connectivity index (χ0) is 18.4. The Bertz CT molecular complexity index is 682. The first kappa shape index (κ1) is 19.1. The zero-order valence-electron chi connectivity index (χ0n) is 15.1. The number of hydrogen-bond acceptors (Lipinski definition) is 4. The fraction of sp³-hybridized carbons (Fsp3) is 0.333. The lowest BCUT2D eigenvalue weighted by Crippen LogP contribution is -2.11.